The van der Waals surface area contributed by atoms with E-state index in [0.717, 1.165) is 31.6 Å². The van der Waals surface area contributed by atoms with E-state index in [-0.39, 0.29) is 22.4 Å². The Morgan fingerprint density at radius 1 is 0.972 bits per heavy atom. The highest BCUT2D eigenvalue weighted by atomic mass is 32.2. The first-order chi connectivity index (χ1) is 17.2. The van der Waals surface area contributed by atoms with E-state index in [1.165, 1.54) is 31.4 Å². The normalized spacial score (nSPS) is 15.4. The van der Waals surface area contributed by atoms with Crippen molar-refractivity contribution in [2.45, 2.75) is 29.9 Å². The van der Waals surface area contributed by atoms with Gasteiger partial charge in [-0.1, -0.05) is 6.07 Å². The van der Waals surface area contributed by atoms with E-state index < -0.39 is 16.1 Å². The van der Waals surface area contributed by atoms with Gasteiger partial charge in [-0.25, -0.2) is 8.42 Å². The molecule has 1 saturated heterocycles. The number of anilines is 2. The fourth-order valence-corrected chi connectivity index (χ4v) is 5.25. The number of phenolic OH excluding ortho intramolecular Hbond substituents is 2. The molecule has 0 amide bonds. The minimum atomic E-state index is -3.70. The summed E-state index contributed by atoms with van der Waals surface area (Å²) < 4.78 is 33.0. The number of phenols is 2. The van der Waals surface area contributed by atoms with Crippen molar-refractivity contribution in [1.82, 2.24) is 5.32 Å². The SMILES string of the molecule is COc1ccc(S(=O)(=O)Nc2ccc(N3CCC(NC[C@@H](O)c4ccc(O)c(O)c4)CC3)cc2)cc1. The number of hydrogen-bond acceptors (Lipinski definition) is 8. The van der Waals surface area contributed by atoms with Gasteiger partial charge in [-0.3, -0.25) is 4.72 Å². The van der Waals surface area contributed by atoms with Crippen LogP contribution in [0.2, 0.25) is 0 Å². The van der Waals surface area contributed by atoms with E-state index >= 15 is 0 Å². The molecule has 0 saturated carbocycles. The quantitative estimate of drug-likeness (QED) is 0.276. The Bertz CT molecular complexity index is 1260. The molecule has 0 radical (unpaired) electrons. The topological polar surface area (TPSA) is 131 Å². The third kappa shape index (κ3) is 6.20. The van der Waals surface area contributed by atoms with Crippen LogP contribution in [0.3, 0.4) is 0 Å². The summed E-state index contributed by atoms with van der Waals surface area (Å²) in [4.78, 5) is 2.41. The molecule has 0 aliphatic carbocycles. The Balaban J connectivity index is 1.27. The number of hydrogen-bond donors (Lipinski definition) is 5. The number of rotatable bonds is 9. The lowest BCUT2D eigenvalue weighted by molar-refractivity contribution is 0.166. The smallest absolute Gasteiger partial charge is 0.261 e. The van der Waals surface area contributed by atoms with Crippen LogP contribution in [-0.4, -0.2) is 56.5 Å². The van der Waals surface area contributed by atoms with Crippen LogP contribution in [0.1, 0.15) is 24.5 Å². The number of nitrogens with one attached hydrogen (secondary N) is 2. The van der Waals surface area contributed by atoms with Gasteiger partial charge in [-0.15, -0.1) is 0 Å². The van der Waals surface area contributed by atoms with Gasteiger partial charge in [-0.05, 0) is 79.1 Å². The maximum atomic E-state index is 12.6. The first kappa shape index (κ1) is 25.6. The largest absolute Gasteiger partial charge is 0.504 e. The Morgan fingerprint density at radius 2 is 1.64 bits per heavy atom. The predicted molar refractivity (Wildman–Crippen MR) is 138 cm³/mol. The monoisotopic (exact) mass is 513 g/mol. The average molecular weight is 514 g/mol. The lowest BCUT2D eigenvalue weighted by atomic mass is 10.0. The number of benzene rings is 3. The van der Waals surface area contributed by atoms with Crippen LogP contribution in [0.4, 0.5) is 11.4 Å². The number of sulfonamides is 1. The Labute approximate surface area is 211 Å². The maximum absolute atomic E-state index is 12.6. The first-order valence-electron chi connectivity index (χ1n) is 11.7. The molecule has 3 aromatic rings. The molecule has 0 unspecified atom stereocenters. The fourth-order valence-electron chi connectivity index (χ4n) is 4.19. The number of methoxy groups -OCH3 is 1. The third-order valence-corrected chi connectivity index (χ3v) is 7.73. The Kier molecular flexibility index (Phi) is 7.88. The van der Waals surface area contributed by atoms with Crippen molar-refractivity contribution in [3.63, 3.8) is 0 Å². The highest BCUT2D eigenvalue weighted by molar-refractivity contribution is 7.92. The minimum Gasteiger partial charge on any atom is -0.504 e. The number of ether oxygens (including phenoxy) is 1. The summed E-state index contributed by atoms with van der Waals surface area (Å²) in [5.41, 5.74) is 2.04. The zero-order valence-corrected chi connectivity index (χ0v) is 20.8. The van der Waals surface area contributed by atoms with Crippen molar-refractivity contribution in [2.75, 3.05) is 36.4 Å². The van der Waals surface area contributed by atoms with E-state index in [0.29, 0.717) is 23.5 Å². The van der Waals surface area contributed by atoms with Gasteiger partial charge in [0, 0.05) is 37.1 Å². The Hall–Kier alpha value is -3.47. The van der Waals surface area contributed by atoms with Gasteiger partial charge < -0.3 is 30.3 Å². The Morgan fingerprint density at radius 3 is 2.25 bits per heavy atom. The molecule has 1 fully saturated rings. The van der Waals surface area contributed by atoms with Gasteiger partial charge >= 0.3 is 0 Å². The highest BCUT2D eigenvalue weighted by Gasteiger charge is 2.21. The van der Waals surface area contributed by atoms with Crippen LogP contribution in [0, 0.1) is 0 Å². The van der Waals surface area contributed by atoms with Crippen molar-refractivity contribution < 1.29 is 28.5 Å². The second-order valence-corrected chi connectivity index (χ2v) is 10.4. The summed E-state index contributed by atoms with van der Waals surface area (Å²) >= 11 is 0. The standard InChI is InChI=1S/C26H31N3O6S/c1-35-22-7-9-23(10-8-22)36(33,34)28-20-3-5-21(6-4-20)29-14-12-19(13-15-29)27-17-26(32)18-2-11-24(30)25(31)16-18/h2-11,16,19,26-28,30-32H,12-15,17H2,1H3/t26-/m1/s1. The zero-order chi connectivity index (χ0) is 25.7. The van der Waals surface area contributed by atoms with Crippen LogP contribution in [0.5, 0.6) is 17.2 Å². The molecule has 1 heterocycles. The van der Waals surface area contributed by atoms with E-state index in [1.54, 1.807) is 30.3 Å². The van der Waals surface area contributed by atoms with Crippen molar-refractivity contribution in [3.05, 3.63) is 72.3 Å². The summed E-state index contributed by atoms with van der Waals surface area (Å²) in [6, 6.07) is 18.1. The molecule has 0 spiro atoms. The average Bonchev–Trinajstić information content (AvgIpc) is 2.89. The fraction of sp³-hybridized carbons (Fsp3) is 0.308. The van der Waals surface area contributed by atoms with Crippen LogP contribution in [-0.2, 0) is 10.0 Å². The second-order valence-electron chi connectivity index (χ2n) is 8.76. The van der Waals surface area contributed by atoms with Crippen LogP contribution >= 0.6 is 0 Å². The van der Waals surface area contributed by atoms with Gasteiger partial charge in [-0.2, -0.15) is 0 Å². The summed E-state index contributed by atoms with van der Waals surface area (Å²) in [6.07, 6.45) is 0.988. The second kappa shape index (κ2) is 11.1. The molecular weight excluding hydrogens is 482 g/mol. The molecule has 4 rings (SSSR count). The number of piperidine rings is 1. The van der Waals surface area contributed by atoms with Crippen LogP contribution < -0.4 is 19.7 Å². The van der Waals surface area contributed by atoms with Gasteiger partial charge in [0.15, 0.2) is 11.5 Å². The molecule has 9 nitrogen and oxygen atoms in total. The van der Waals surface area contributed by atoms with Crippen molar-refractivity contribution in [2.24, 2.45) is 0 Å². The molecule has 36 heavy (non-hydrogen) atoms. The summed E-state index contributed by atoms with van der Waals surface area (Å²) in [7, 11) is -2.17. The lowest BCUT2D eigenvalue weighted by Crippen LogP contribution is -2.43. The molecule has 10 heteroatoms. The van der Waals surface area contributed by atoms with Gasteiger partial charge in [0.2, 0.25) is 0 Å². The first-order valence-corrected chi connectivity index (χ1v) is 13.2. The van der Waals surface area contributed by atoms with Gasteiger partial charge in [0.05, 0.1) is 18.1 Å². The predicted octanol–water partition coefficient (Wildman–Crippen LogP) is 3.20. The molecule has 0 bridgehead atoms. The van der Waals surface area contributed by atoms with Crippen LogP contribution in [0.25, 0.3) is 0 Å². The highest BCUT2D eigenvalue weighted by Crippen LogP contribution is 2.28. The van der Waals surface area contributed by atoms with Crippen LogP contribution in [0.15, 0.2) is 71.6 Å². The van der Waals surface area contributed by atoms with E-state index in [9.17, 15) is 23.7 Å². The molecule has 1 atom stereocenters. The molecule has 5 N–H and O–H groups in total. The van der Waals surface area contributed by atoms with E-state index in [1.807, 2.05) is 12.1 Å². The molecule has 1 aliphatic rings. The summed E-state index contributed by atoms with van der Waals surface area (Å²) in [5, 5.41) is 32.8. The van der Waals surface area contributed by atoms with Crippen molar-refractivity contribution in [1.29, 1.82) is 0 Å². The van der Waals surface area contributed by atoms with Gasteiger partial charge in [0.25, 0.3) is 10.0 Å². The number of aliphatic hydroxyl groups excluding tert-OH is 1. The van der Waals surface area contributed by atoms with Crippen molar-refractivity contribution >= 4 is 21.4 Å². The number of aromatic hydroxyl groups is 2. The lowest BCUT2D eigenvalue weighted by Gasteiger charge is -2.34. The van der Waals surface area contributed by atoms with E-state index in [4.69, 9.17) is 4.74 Å². The number of aliphatic hydroxyl groups is 1. The molecule has 1 aliphatic heterocycles. The molecule has 0 aromatic heterocycles. The molecular formula is C26H31N3O6S. The summed E-state index contributed by atoms with van der Waals surface area (Å²) in [6.45, 7) is 1.99. The third-order valence-electron chi connectivity index (χ3n) is 6.33. The molecule has 3 aromatic carbocycles. The maximum Gasteiger partial charge on any atom is 0.261 e. The summed E-state index contributed by atoms with van der Waals surface area (Å²) in [5.74, 6) is 0.124. The minimum absolute atomic E-state index is 0.161. The van der Waals surface area contributed by atoms with E-state index in [2.05, 4.69) is 14.9 Å². The molecule has 192 valence electrons. The number of nitrogens with zero attached hydrogens (tertiary/aromatic N) is 1. The van der Waals surface area contributed by atoms with Gasteiger partial charge in [0.1, 0.15) is 5.75 Å². The zero-order valence-electron chi connectivity index (χ0n) is 20.0. The van der Waals surface area contributed by atoms with Crippen molar-refractivity contribution in [3.8, 4) is 17.2 Å².